The van der Waals surface area contributed by atoms with Gasteiger partial charge in [-0.15, -0.1) is 0 Å². The zero-order valence-corrected chi connectivity index (χ0v) is 20.3. The maximum atomic E-state index is 15.6. The lowest BCUT2D eigenvalue weighted by molar-refractivity contribution is -0.148. The molecule has 0 saturated carbocycles. The summed E-state index contributed by atoms with van der Waals surface area (Å²) < 4.78 is 15.6. The molecule has 1 aromatic carbocycles. The van der Waals surface area contributed by atoms with Gasteiger partial charge in [0, 0.05) is 29.2 Å². The summed E-state index contributed by atoms with van der Waals surface area (Å²) in [6.45, 7) is 0.0550. The fraction of sp³-hybridized carbons (Fsp3) is 0.458. The average molecular weight is 505 g/mol. The van der Waals surface area contributed by atoms with Crippen LogP contribution in [0.1, 0.15) is 27.9 Å². The number of aromatic hydroxyl groups is 1. The molecule has 12 heteroatoms. The van der Waals surface area contributed by atoms with Gasteiger partial charge in [0.1, 0.15) is 28.7 Å². The summed E-state index contributed by atoms with van der Waals surface area (Å²) in [6, 6.07) is -1.12. The van der Waals surface area contributed by atoms with Crippen molar-refractivity contribution in [3.05, 3.63) is 45.2 Å². The Morgan fingerprint density at radius 1 is 1.17 bits per heavy atom. The van der Waals surface area contributed by atoms with Gasteiger partial charge in [-0.05, 0) is 47.0 Å². The van der Waals surface area contributed by atoms with Crippen molar-refractivity contribution >= 4 is 23.2 Å². The number of halogens is 1. The number of fused-ring (bicyclic) bond motifs is 3. The number of nitrogens with two attached hydrogens (primary N) is 2. The molecule has 0 spiro atoms. The van der Waals surface area contributed by atoms with Crippen LogP contribution in [-0.2, 0) is 22.6 Å². The zero-order chi connectivity index (χ0) is 27.0. The van der Waals surface area contributed by atoms with Crippen molar-refractivity contribution in [2.75, 3.05) is 33.9 Å². The quantitative estimate of drug-likeness (QED) is 0.183. The molecule has 8 N–H and O–H groups in total. The van der Waals surface area contributed by atoms with Crippen molar-refractivity contribution in [1.82, 2.24) is 9.80 Å². The van der Waals surface area contributed by atoms with E-state index in [1.54, 1.807) is 19.0 Å². The van der Waals surface area contributed by atoms with Crippen LogP contribution in [0.3, 0.4) is 0 Å². The van der Waals surface area contributed by atoms with Crippen LogP contribution in [0.2, 0.25) is 0 Å². The van der Waals surface area contributed by atoms with E-state index in [0.29, 0.717) is 0 Å². The molecule has 4 rings (SSSR count). The van der Waals surface area contributed by atoms with Crippen LogP contribution >= 0.6 is 0 Å². The number of primary amides is 1. The number of aliphatic hydroxyl groups is 3. The summed E-state index contributed by atoms with van der Waals surface area (Å²) in [6.07, 6.45) is -0.270. The second-order valence-corrected chi connectivity index (χ2v) is 10.1. The molecule has 4 atom stereocenters. The number of rotatable bonds is 4. The standard InChI is InChI=1S/C24H29FN4O7/c1-28(2)7-10-15(25)9-5-8-6-11-17(29(3)4)20(32)14(23(27)35)22(34)24(11,36)21(33)12(8)18(30)13(9)19(31)16(10)26/h8,11,17,31-33,36H,5-7,26H2,1-4H3,(H2,27,35)/t8-,11-,17-,24-/m0/s1. The van der Waals surface area contributed by atoms with Crippen LogP contribution in [0, 0.1) is 17.7 Å². The second-order valence-electron chi connectivity index (χ2n) is 10.1. The first-order valence-corrected chi connectivity index (χ1v) is 11.3. The van der Waals surface area contributed by atoms with E-state index >= 15 is 4.39 Å². The third-order valence-corrected chi connectivity index (χ3v) is 7.44. The number of carbonyl (C=O) groups excluding carboxylic acids is 3. The molecule has 11 nitrogen and oxygen atoms in total. The molecule has 0 fully saturated rings. The molecule has 0 aliphatic heterocycles. The van der Waals surface area contributed by atoms with Gasteiger partial charge in [-0.3, -0.25) is 19.3 Å². The van der Waals surface area contributed by atoms with Gasteiger partial charge in [0.05, 0.1) is 17.3 Å². The van der Waals surface area contributed by atoms with Gasteiger partial charge in [-0.1, -0.05) is 0 Å². The van der Waals surface area contributed by atoms with Crippen molar-refractivity contribution in [2.24, 2.45) is 17.6 Å². The molecule has 3 aliphatic rings. The van der Waals surface area contributed by atoms with Gasteiger partial charge in [-0.2, -0.15) is 0 Å². The number of amides is 1. The highest BCUT2D eigenvalue weighted by Crippen LogP contribution is 2.53. The Kier molecular flexibility index (Phi) is 5.90. The molecular formula is C24H29FN4O7. The number of benzene rings is 1. The second kappa shape index (κ2) is 8.29. The van der Waals surface area contributed by atoms with Crippen LogP contribution in [-0.4, -0.2) is 87.5 Å². The lowest BCUT2D eigenvalue weighted by Gasteiger charge is -2.50. The minimum Gasteiger partial charge on any atom is -0.510 e. The van der Waals surface area contributed by atoms with Crippen LogP contribution in [0.15, 0.2) is 22.7 Å². The van der Waals surface area contributed by atoms with E-state index in [4.69, 9.17) is 11.5 Å². The predicted molar refractivity (Wildman–Crippen MR) is 125 cm³/mol. The Morgan fingerprint density at radius 3 is 2.31 bits per heavy atom. The van der Waals surface area contributed by atoms with Crippen molar-refractivity contribution < 1.29 is 39.2 Å². The molecule has 1 amide bonds. The minimum absolute atomic E-state index is 0.0127. The van der Waals surface area contributed by atoms with Crippen molar-refractivity contribution in [1.29, 1.82) is 0 Å². The molecule has 0 bridgehead atoms. The third kappa shape index (κ3) is 3.25. The van der Waals surface area contributed by atoms with Gasteiger partial charge >= 0.3 is 0 Å². The summed E-state index contributed by atoms with van der Waals surface area (Å²) in [4.78, 5) is 41.9. The van der Waals surface area contributed by atoms with Gasteiger partial charge in [-0.25, -0.2) is 4.39 Å². The van der Waals surface area contributed by atoms with E-state index in [2.05, 4.69) is 0 Å². The predicted octanol–water partition coefficient (Wildman–Crippen LogP) is -0.0965. The number of Topliss-reactive ketones (excluding diaryl/α,β-unsaturated/α-hetero) is 2. The Labute approximate surface area is 206 Å². The van der Waals surface area contributed by atoms with Gasteiger partial charge < -0.3 is 36.8 Å². The molecule has 36 heavy (non-hydrogen) atoms. The first-order chi connectivity index (χ1) is 16.7. The summed E-state index contributed by atoms with van der Waals surface area (Å²) in [5, 5.41) is 44.3. The number of anilines is 1. The Hall–Kier alpha value is -3.48. The minimum atomic E-state index is -2.75. The first kappa shape index (κ1) is 25.6. The summed E-state index contributed by atoms with van der Waals surface area (Å²) in [5.41, 5.74) is 6.38. The number of hydrogen-bond donors (Lipinski definition) is 6. The Balaban J connectivity index is 1.97. The van der Waals surface area contributed by atoms with E-state index < -0.39 is 75.2 Å². The molecule has 0 heterocycles. The molecule has 3 aliphatic carbocycles. The van der Waals surface area contributed by atoms with Crippen LogP contribution in [0.4, 0.5) is 10.1 Å². The summed E-state index contributed by atoms with van der Waals surface area (Å²) in [5.74, 6) is -8.78. The number of ketones is 2. The average Bonchev–Trinajstić information content (AvgIpc) is 2.76. The van der Waals surface area contributed by atoms with E-state index in [1.807, 2.05) is 0 Å². The van der Waals surface area contributed by atoms with Gasteiger partial charge in [0.15, 0.2) is 11.4 Å². The number of likely N-dealkylation sites (N-methyl/N-ethyl adjacent to an activating group) is 1. The fourth-order valence-corrected chi connectivity index (χ4v) is 5.89. The zero-order valence-electron chi connectivity index (χ0n) is 20.3. The van der Waals surface area contributed by atoms with Crippen molar-refractivity contribution in [3.8, 4) is 5.75 Å². The maximum absolute atomic E-state index is 15.6. The largest absolute Gasteiger partial charge is 0.510 e. The van der Waals surface area contributed by atoms with E-state index in [0.717, 1.165) is 0 Å². The van der Waals surface area contributed by atoms with Crippen LogP contribution in [0.25, 0.3) is 0 Å². The number of allylic oxidation sites excluding steroid dienone is 1. The molecule has 1 aromatic rings. The van der Waals surface area contributed by atoms with Gasteiger partial charge in [0.2, 0.25) is 5.78 Å². The number of aliphatic hydroxyl groups excluding tert-OH is 2. The summed E-state index contributed by atoms with van der Waals surface area (Å²) >= 11 is 0. The third-order valence-electron chi connectivity index (χ3n) is 7.44. The Bertz CT molecular complexity index is 1290. The normalized spacial score (nSPS) is 27.9. The number of phenolic OH excluding ortho intramolecular Hbond substituents is 1. The molecule has 194 valence electrons. The molecule has 0 aromatic heterocycles. The highest BCUT2D eigenvalue weighted by molar-refractivity contribution is 6.24. The fourth-order valence-electron chi connectivity index (χ4n) is 5.89. The molecule has 0 saturated heterocycles. The topological polar surface area (TPSA) is 191 Å². The lowest BCUT2D eigenvalue weighted by Crippen LogP contribution is -2.63. The van der Waals surface area contributed by atoms with E-state index in [9.17, 15) is 34.8 Å². The molecular weight excluding hydrogens is 475 g/mol. The van der Waals surface area contributed by atoms with Gasteiger partial charge in [0.25, 0.3) is 5.91 Å². The van der Waals surface area contributed by atoms with Crippen molar-refractivity contribution in [2.45, 2.75) is 31.0 Å². The smallest absolute Gasteiger partial charge is 0.255 e. The first-order valence-electron chi connectivity index (χ1n) is 11.3. The highest BCUT2D eigenvalue weighted by atomic mass is 19.1. The SMILES string of the molecule is CN(C)Cc1c(N)c(O)c2c(c1F)C[C@H]1C[C@H]3[C@H](N(C)C)C(O)=C(C(N)=O)C(=O)[C@@]3(O)C(O)=C1C2=O. The highest BCUT2D eigenvalue weighted by Gasteiger charge is 2.63. The summed E-state index contributed by atoms with van der Waals surface area (Å²) in [7, 11) is 6.43. The maximum Gasteiger partial charge on any atom is 0.255 e. The Morgan fingerprint density at radius 2 is 1.78 bits per heavy atom. The van der Waals surface area contributed by atoms with Crippen molar-refractivity contribution in [3.63, 3.8) is 0 Å². The molecule has 0 unspecified atom stereocenters. The van der Waals surface area contributed by atoms with E-state index in [-0.39, 0.29) is 41.8 Å². The molecule has 0 radical (unpaired) electrons. The number of carbonyl (C=O) groups is 3. The lowest BCUT2D eigenvalue weighted by atomic mass is 9.58. The monoisotopic (exact) mass is 504 g/mol. The number of nitrogens with zero attached hydrogens (tertiary/aromatic N) is 2. The number of hydrogen-bond acceptors (Lipinski definition) is 10. The number of phenols is 1. The van der Waals surface area contributed by atoms with Crippen LogP contribution in [0.5, 0.6) is 5.75 Å². The van der Waals surface area contributed by atoms with Crippen LogP contribution < -0.4 is 11.5 Å². The van der Waals surface area contributed by atoms with E-state index in [1.165, 1.54) is 19.0 Å². The number of nitrogen functional groups attached to an aromatic ring is 1.